The SMILES string of the molecule is O=C1CC(Br)CN1c1ccc2oc(=O)ccc2c1. The van der Waals surface area contributed by atoms with Crippen molar-refractivity contribution >= 4 is 38.5 Å². The molecule has 0 saturated carbocycles. The molecule has 1 amide bonds. The average molecular weight is 308 g/mol. The van der Waals surface area contributed by atoms with Crippen LogP contribution in [-0.2, 0) is 4.79 Å². The first-order valence-corrected chi connectivity index (χ1v) is 6.53. The summed E-state index contributed by atoms with van der Waals surface area (Å²) in [4.78, 5) is 24.8. The molecule has 0 bridgehead atoms. The Morgan fingerprint density at radius 1 is 1.22 bits per heavy atom. The summed E-state index contributed by atoms with van der Waals surface area (Å²) in [5, 5.41) is 0.818. The highest BCUT2D eigenvalue weighted by Gasteiger charge is 2.28. The number of fused-ring (bicyclic) bond motifs is 1. The van der Waals surface area contributed by atoms with Crippen molar-refractivity contribution in [2.75, 3.05) is 11.4 Å². The number of alkyl halides is 1. The largest absolute Gasteiger partial charge is 0.423 e. The topological polar surface area (TPSA) is 50.5 Å². The second kappa shape index (κ2) is 4.24. The van der Waals surface area contributed by atoms with E-state index in [4.69, 9.17) is 4.42 Å². The van der Waals surface area contributed by atoms with Crippen molar-refractivity contribution in [2.45, 2.75) is 11.2 Å². The number of nitrogens with zero attached hydrogens (tertiary/aromatic N) is 1. The average Bonchev–Trinajstić information content (AvgIpc) is 2.68. The van der Waals surface area contributed by atoms with E-state index < -0.39 is 0 Å². The molecule has 1 aromatic carbocycles. The molecule has 0 N–H and O–H groups in total. The maximum atomic E-state index is 11.8. The Kier molecular flexibility index (Phi) is 2.70. The van der Waals surface area contributed by atoms with Gasteiger partial charge >= 0.3 is 5.63 Å². The molecule has 1 aliphatic heterocycles. The van der Waals surface area contributed by atoms with Crippen molar-refractivity contribution in [1.29, 1.82) is 0 Å². The lowest BCUT2D eigenvalue weighted by molar-refractivity contribution is -0.117. The molecule has 1 fully saturated rings. The molecule has 5 heteroatoms. The standard InChI is InChI=1S/C13H10BrNO3/c14-9-6-12(16)15(7-9)10-2-3-11-8(5-10)1-4-13(17)18-11/h1-5,9H,6-7H2. The second-order valence-corrected chi connectivity index (χ2v) is 5.58. The molecule has 0 spiro atoms. The lowest BCUT2D eigenvalue weighted by Crippen LogP contribution is -2.24. The maximum Gasteiger partial charge on any atom is 0.336 e. The Labute approximate surface area is 111 Å². The number of amides is 1. The van der Waals surface area contributed by atoms with Crippen LogP contribution >= 0.6 is 15.9 Å². The zero-order valence-corrected chi connectivity index (χ0v) is 11.0. The lowest BCUT2D eigenvalue weighted by Gasteiger charge is -2.16. The molecular weight excluding hydrogens is 298 g/mol. The smallest absolute Gasteiger partial charge is 0.336 e. The van der Waals surface area contributed by atoms with Crippen LogP contribution in [0.15, 0.2) is 39.5 Å². The van der Waals surface area contributed by atoms with Gasteiger partial charge in [0.15, 0.2) is 0 Å². The molecule has 1 unspecified atom stereocenters. The van der Waals surface area contributed by atoms with Crippen LogP contribution in [0.2, 0.25) is 0 Å². The van der Waals surface area contributed by atoms with Crippen molar-refractivity contribution in [1.82, 2.24) is 0 Å². The van der Waals surface area contributed by atoms with Gasteiger partial charge in [0.25, 0.3) is 0 Å². The van der Waals surface area contributed by atoms with Crippen molar-refractivity contribution in [3.63, 3.8) is 0 Å². The summed E-state index contributed by atoms with van der Waals surface area (Å²) >= 11 is 3.45. The molecular formula is C13H10BrNO3. The molecule has 18 heavy (non-hydrogen) atoms. The monoisotopic (exact) mass is 307 g/mol. The van der Waals surface area contributed by atoms with E-state index in [0.717, 1.165) is 11.1 Å². The fourth-order valence-corrected chi connectivity index (χ4v) is 2.71. The number of benzene rings is 1. The van der Waals surface area contributed by atoms with E-state index in [-0.39, 0.29) is 16.4 Å². The van der Waals surface area contributed by atoms with Crippen molar-refractivity contribution < 1.29 is 9.21 Å². The molecule has 3 rings (SSSR count). The summed E-state index contributed by atoms with van der Waals surface area (Å²) in [5.74, 6) is 0.105. The second-order valence-electron chi connectivity index (χ2n) is 4.28. The van der Waals surface area contributed by atoms with Crippen LogP contribution in [0.1, 0.15) is 6.42 Å². The normalized spacial score (nSPS) is 19.7. The van der Waals surface area contributed by atoms with E-state index in [0.29, 0.717) is 18.5 Å². The minimum atomic E-state index is -0.368. The fraction of sp³-hybridized carbons (Fsp3) is 0.231. The summed E-state index contributed by atoms with van der Waals surface area (Å²) in [5.41, 5.74) is 1.00. The van der Waals surface area contributed by atoms with Crippen molar-refractivity contribution in [3.05, 3.63) is 40.8 Å². The summed E-state index contributed by atoms with van der Waals surface area (Å²) in [7, 11) is 0. The first kappa shape index (κ1) is 11.5. The van der Waals surface area contributed by atoms with Crippen LogP contribution in [0, 0.1) is 0 Å². The highest BCUT2D eigenvalue weighted by Crippen LogP contribution is 2.27. The predicted octanol–water partition coefficient (Wildman–Crippen LogP) is 2.29. The summed E-state index contributed by atoms with van der Waals surface area (Å²) in [6, 6.07) is 8.47. The van der Waals surface area contributed by atoms with Gasteiger partial charge in [-0.2, -0.15) is 0 Å². The lowest BCUT2D eigenvalue weighted by atomic mass is 10.2. The first-order chi connectivity index (χ1) is 8.63. The minimum absolute atomic E-state index is 0.105. The van der Waals surface area contributed by atoms with E-state index >= 15 is 0 Å². The predicted molar refractivity (Wildman–Crippen MR) is 72.2 cm³/mol. The number of hydrogen-bond acceptors (Lipinski definition) is 3. The van der Waals surface area contributed by atoms with Gasteiger partial charge in [0, 0.05) is 34.9 Å². The molecule has 2 heterocycles. The van der Waals surface area contributed by atoms with Crippen LogP contribution in [-0.4, -0.2) is 17.3 Å². The molecule has 0 aliphatic carbocycles. The van der Waals surface area contributed by atoms with E-state index in [2.05, 4.69) is 15.9 Å². The molecule has 2 aromatic rings. The summed E-state index contributed by atoms with van der Waals surface area (Å²) in [6.45, 7) is 0.668. The van der Waals surface area contributed by atoms with Gasteiger partial charge < -0.3 is 9.32 Å². The van der Waals surface area contributed by atoms with Gasteiger partial charge in [-0.25, -0.2) is 4.79 Å². The van der Waals surface area contributed by atoms with E-state index in [9.17, 15) is 9.59 Å². The van der Waals surface area contributed by atoms with E-state index in [1.165, 1.54) is 6.07 Å². The quantitative estimate of drug-likeness (QED) is 0.600. The molecule has 4 nitrogen and oxygen atoms in total. The van der Waals surface area contributed by atoms with Crippen LogP contribution in [0.4, 0.5) is 5.69 Å². The third-order valence-electron chi connectivity index (χ3n) is 2.99. The molecule has 92 valence electrons. The minimum Gasteiger partial charge on any atom is -0.423 e. The van der Waals surface area contributed by atoms with Gasteiger partial charge in [-0.05, 0) is 24.3 Å². The van der Waals surface area contributed by atoms with Crippen LogP contribution in [0.25, 0.3) is 11.0 Å². The number of hydrogen-bond donors (Lipinski definition) is 0. The highest BCUT2D eigenvalue weighted by molar-refractivity contribution is 9.09. The van der Waals surface area contributed by atoms with Gasteiger partial charge in [0.05, 0.1) is 0 Å². The van der Waals surface area contributed by atoms with Gasteiger partial charge in [0.2, 0.25) is 5.91 Å². The number of rotatable bonds is 1. The Morgan fingerprint density at radius 3 is 2.78 bits per heavy atom. The number of halogens is 1. The summed E-state index contributed by atoms with van der Waals surface area (Å²) < 4.78 is 5.06. The highest BCUT2D eigenvalue weighted by atomic mass is 79.9. The zero-order chi connectivity index (χ0) is 12.7. The molecule has 0 radical (unpaired) electrons. The number of anilines is 1. The maximum absolute atomic E-state index is 11.8. The summed E-state index contributed by atoms with van der Waals surface area (Å²) in [6.07, 6.45) is 0.516. The number of carbonyl (C=O) groups excluding carboxylic acids is 1. The van der Waals surface area contributed by atoms with Gasteiger partial charge in [-0.3, -0.25) is 4.79 Å². The third-order valence-corrected chi connectivity index (χ3v) is 3.61. The van der Waals surface area contributed by atoms with Gasteiger partial charge in [0.1, 0.15) is 5.58 Å². The van der Waals surface area contributed by atoms with E-state index in [1.807, 2.05) is 6.07 Å². The van der Waals surface area contributed by atoms with Gasteiger partial charge in [-0.15, -0.1) is 0 Å². The third kappa shape index (κ3) is 1.95. The Bertz CT molecular complexity index is 679. The van der Waals surface area contributed by atoms with Crippen molar-refractivity contribution in [3.8, 4) is 0 Å². The van der Waals surface area contributed by atoms with Crippen molar-refractivity contribution in [2.24, 2.45) is 0 Å². The number of carbonyl (C=O) groups is 1. The molecule has 1 saturated heterocycles. The van der Waals surface area contributed by atoms with Crippen LogP contribution in [0.5, 0.6) is 0 Å². The molecule has 1 aliphatic rings. The van der Waals surface area contributed by atoms with Gasteiger partial charge in [-0.1, -0.05) is 15.9 Å². The van der Waals surface area contributed by atoms with E-state index in [1.54, 1.807) is 23.1 Å². The Morgan fingerprint density at radius 2 is 2.06 bits per heavy atom. The first-order valence-electron chi connectivity index (χ1n) is 5.62. The van der Waals surface area contributed by atoms with Crippen LogP contribution < -0.4 is 10.5 Å². The Hall–Kier alpha value is -1.62. The molecule has 1 atom stereocenters. The zero-order valence-electron chi connectivity index (χ0n) is 9.43. The van der Waals surface area contributed by atoms with Crippen LogP contribution in [0.3, 0.4) is 0 Å². The Balaban J connectivity index is 2.06. The molecule has 1 aromatic heterocycles. The fourth-order valence-electron chi connectivity index (χ4n) is 2.14.